The molecule has 5 aromatic rings. The van der Waals surface area contributed by atoms with Crippen molar-refractivity contribution in [3.8, 4) is 35.8 Å². The van der Waals surface area contributed by atoms with Crippen LogP contribution in [0, 0.1) is 31.6 Å². The van der Waals surface area contributed by atoms with Gasteiger partial charge >= 0.3 is 11.8 Å². The number of aromatic nitrogens is 3. The maximum Gasteiger partial charge on any atom is 0.407 e. The molecular weight excluding hydrogens is 712 g/mol. The highest BCUT2D eigenvalue weighted by Crippen LogP contribution is 2.37. The van der Waals surface area contributed by atoms with Gasteiger partial charge in [-0.3, -0.25) is 13.9 Å². The third kappa shape index (κ3) is 8.10. The number of fused-ring (bicyclic) bond motifs is 2. The fourth-order valence-corrected chi connectivity index (χ4v) is 7.03. The van der Waals surface area contributed by atoms with Crippen LogP contribution < -0.4 is 16.3 Å². The first kappa shape index (κ1) is 39.1. The molecule has 14 heteroatoms. The van der Waals surface area contributed by atoms with Crippen LogP contribution in [0.25, 0.3) is 33.1 Å². The van der Waals surface area contributed by atoms with Gasteiger partial charge in [-0.25, -0.2) is 26.7 Å². The van der Waals surface area contributed by atoms with Crippen LogP contribution in [0.15, 0.2) is 82.3 Å². The van der Waals surface area contributed by atoms with E-state index >= 15 is 4.39 Å². The summed E-state index contributed by atoms with van der Waals surface area (Å²) in [4.78, 5) is 38.9. The van der Waals surface area contributed by atoms with Gasteiger partial charge < -0.3 is 19.9 Å². The Labute approximate surface area is 313 Å². The number of allylic oxidation sites excluding steroid dienone is 1. The molecule has 2 amide bonds. The van der Waals surface area contributed by atoms with E-state index in [1.165, 1.54) is 35.4 Å². The van der Waals surface area contributed by atoms with Crippen molar-refractivity contribution in [3.63, 3.8) is 0 Å². The van der Waals surface area contributed by atoms with E-state index in [2.05, 4.69) is 22.5 Å². The Morgan fingerprint density at radius 2 is 1.61 bits per heavy atom. The van der Waals surface area contributed by atoms with Gasteiger partial charge in [-0.15, -0.1) is 12.8 Å². The number of halogens is 1. The smallest absolute Gasteiger partial charge is 0.407 e. The van der Waals surface area contributed by atoms with Crippen molar-refractivity contribution >= 4 is 49.6 Å². The number of benzene rings is 3. The summed E-state index contributed by atoms with van der Waals surface area (Å²) in [5, 5.41) is 5.97. The van der Waals surface area contributed by atoms with E-state index in [9.17, 15) is 22.8 Å². The molecule has 0 saturated carbocycles. The number of carbonyl (C=O) groups excluding carboxylic acids is 2. The van der Waals surface area contributed by atoms with Gasteiger partial charge in [-0.1, -0.05) is 24.0 Å². The molecule has 0 bridgehead atoms. The van der Waals surface area contributed by atoms with Crippen LogP contribution in [-0.4, -0.2) is 64.7 Å². The zero-order valence-electron chi connectivity index (χ0n) is 30.9. The molecule has 3 aromatic carbocycles. The van der Waals surface area contributed by atoms with Crippen molar-refractivity contribution in [2.24, 2.45) is 0 Å². The minimum Gasteiger partial charge on any atom is -0.444 e. The number of terminal acetylenes is 2. The quantitative estimate of drug-likeness (QED) is 0.162. The highest BCUT2D eigenvalue weighted by atomic mass is 32.2. The number of imidazole rings is 1. The van der Waals surface area contributed by atoms with Crippen LogP contribution >= 0.6 is 0 Å². The summed E-state index contributed by atoms with van der Waals surface area (Å²) in [7, 11) is -0.912. The number of rotatable bonds is 11. The van der Waals surface area contributed by atoms with Crippen LogP contribution in [0.3, 0.4) is 0 Å². The molecule has 280 valence electrons. The number of carbonyl (C=O) groups is 2. The molecule has 0 atom stereocenters. The second-order valence-corrected chi connectivity index (χ2v) is 15.8. The molecule has 0 aliphatic carbocycles. The SMILES string of the molecule is C#CCn1c(=O)n(CC#C)c2cc(NC(=O)c3ccc4c(c3)c(-c3cccc(S(=O)(=O)N(C)C)c3)c(C)n4C/C(F)=C/CNC(=O)OC(C)(C)C)ccc21. The lowest BCUT2D eigenvalue weighted by Crippen LogP contribution is -2.32. The molecule has 0 fully saturated rings. The van der Waals surface area contributed by atoms with Crippen molar-refractivity contribution < 1.29 is 27.1 Å². The summed E-state index contributed by atoms with van der Waals surface area (Å²) in [6, 6.07) is 16.4. The van der Waals surface area contributed by atoms with E-state index in [0.717, 1.165) is 4.31 Å². The maximum absolute atomic E-state index is 15.5. The number of ether oxygens (including phenoxy) is 1. The maximum atomic E-state index is 15.5. The lowest BCUT2D eigenvalue weighted by molar-refractivity contribution is 0.0533. The molecule has 0 spiro atoms. The zero-order chi connectivity index (χ0) is 39.5. The van der Waals surface area contributed by atoms with Crippen molar-refractivity contribution in [1.29, 1.82) is 0 Å². The third-order valence-corrected chi connectivity index (χ3v) is 10.4. The highest BCUT2D eigenvalue weighted by Gasteiger charge is 2.23. The summed E-state index contributed by atoms with van der Waals surface area (Å²) in [6.45, 7) is 6.69. The van der Waals surface area contributed by atoms with Gasteiger partial charge in [0.25, 0.3) is 5.91 Å². The standard InChI is InChI=1S/C40H41FN6O6S/c1-9-20-45-34-17-15-30(24-35(34)46(21-10-2)39(45)50)43-37(48)28-14-16-33-32(23-28)36(27-12-11-13-31(22-27)54(51,52)44(7)8)26(3)47(33)25-29(41)18-19-42-38(49)53-40(4,5)6/h1-2,11-18,22-24H,19-21,25H2,3-8H3,(H,42,49)(H,43,48)/b29-18-. The Morgan fingerprint density at radius 3 is 2.26 bits per heavy atom. The molecule has 54 heavy (non-hydrogen) atoms. The summed E-state index contributed by atoms with van der Waals surface area (Å²) in [5.74, 6) is 3.94. The topological polar surface area (TPSA) is 137 Å². The number of anilines is 1. The van der Waals surface area contributed by atoms with Crippen molar-refractivity contribution in [1.82, 2.24) is 23.3 Å². The average molecular weight is 753 g/mol. The number of alkyl carbamates (subject to hydrolysis) is 1. The van der Waals surface area contributed by atoms with Crippen LogP contribution in [0.2, 0.25) is 0 Å². The van der Waals surface area contributed by atoms with Crippen molar-refractivity contribution in [2.45, 2.75) is 57.8 Å². The number of sulfonamides is 1. The average Bonchev–Trinajstić information content (AvgIpc) is 3.52. The van der Waals surface area contributed by atoms with Crippen LogP contribution in [0.1, 0.15) is 36.8 Å². The number of amides is 2. The molecular formula is C40H41FN6O6S. The first-order chi connectivity index (χ1) is 25.5. The lowest BCUT2D eigenvalue weighted by Gasteiger charge is -2.19. The Bertz CT molecular complexity index is 2580. The van der Waals surface area contributed by atoms with Gasteiger partial charge in [-0.05, 0) is 87.9 Å². The molecule has 0 aliphatic heterocycles. The van der Waals surface area contributed by atoms with Crippen molar-refractivity contribution in [3.05, 3.63) is 94.3 Å². The molecule has 2 N–H and O–H groups in total. The Hall–Kier alpha value is -6.09. The summed E-state index contributed by atoms with van der Waals surface area (Å²) in [6.07, 6.45) is 11.6. The predicted octanol–water partition coefficient (Wildman–Crippen LogP) is 5.88. The minimum atomic E-state index is -3.79. The van der Waals surface area contributed by atoms with Crippen molar-refractivity contribution in [2.75, 3.05) is 26.0 Å². The van der Waals surface area contributed by atoms with E-state index in [1.54, 1.807) is 86.9 Å². The Balaban J connectivity index is 1.56. The first-order valence-electron chi connectivity index (χ1n) is 16.9. The third-order valence-electron chi connectivity index (χ3n) is 8.54. The van der Waals surface area contributed by atoms with Gasteiger partial charge in [0.05, 0.1) is 35.6 Å². The van der Waals surface area contributed by atoms with E-state index in [-0.39, 0.29) is 42.3 Å². The van der Waals surface area contributed by atoms with E-state index in [0.29, 0.717) is 44.4 Å². The Kier molecular flexibility index (Phi) is 11.2. The second-order valence-electron chi connectivity index (χ2n) is 13.6. The highest BCUT2D eigenvalue weighted by molar-refractivity contribution is 7.89. The molecule has 12 nitrogen and oxygen atoms in total. The Morgan fingerprint density at radius 1 is 0.944 bits per heavy atom. The van der Waals surface area contributed by atoms with E-state index < -0.39 is 33.5 Å². The van der Waals surface area contributed by atoms with Crippen LogP contribution in [-0.2, 0) is 34.4 Å². The molecule has 0 radical (unpaired) electrons. The molecule has 0 aliphatic rings. The zero-order valence-corrected chi connectivity index (χ0v) is 31.7. The van der Waals surface area contributed by atoms with Gasteiger partial charge in [0.15, 0.2) is 0 Å². The number of nitrogens with one attached hydrogen (secondary N) is 2. The molecule has 0 unspecified atom stereocenters. The summed E-state index contributed by atoms with van der Waals surface area (Å²) < 4.78 is 52.5. The van der Waals surface area contributed by atoms with Gasteiger partial charge in [0.2, 0.25) is 10.0 Å². The predicted molar refractivity (Wildman–Crippen MR) is 208 cm³/mol. The van der Waals surface area contributed by atoms with Gasteiger partial charge in [0, 0.05) is 54.1 Å². The fraction of sp³-hybridized carbons (Fsp3) is 0.275. The van der Waals surface area contributed by atoms with Gasteiger partial charge in [0.1, 0.15) is 11.4 Å². The molecule has 5 rings (SSSR count). The first-order valence-corrected chi connectivity index (χ1v) is 18.3. The lowest BCUT2D eigenvalue weighted by atomic mass is 10.0. The second kappa shape index (κ2) is 15.5. The monoisotopic (exact) mass is 752 g/mol. The van der Waals surface area contributed by atoms with Crippen LogP contribution in [0.4, 0.5) is 14.9 Å². The molecule has 0 saturated heterocycles. The number of hydrogen-bond donors (Lipinski definition) is 2. The van der Waals surface area contributed by atoms with E-state index in [1.807, 2.05) is 0 Å². The van der Waals surface area contributed by atoms with Crippen LogP contribution in [0.5, 0.6) is 0 Å². The van der Waals surface area contributed by atoms with E-state index in [4.69, 9.17) is 17.6 Å². The minimum absolute atomic E-state index is 0.00711. The normalized spacial score (nSPS) is 12.1. The molecule has 2 aromatic heterocycles. The largest absolute Gasteiger partial charge is 0.444 e. The van der Waals surface area contributed by atoms with Gasteiger partial charge in [-0.2, -0.15) is 0 Å². The fourth-order valence-electron chi connectivity index (χ4n) is 6.08. The summed E-state index contributed by atoms with van der Waals surface area (Å²) in [5.41, 5.74) is 2.99. The molecule has 2 heterocycles. The number of nitrogens with zero attached hydrogens (tertiary/aromatic N) is 4. The number of hydrogen-bond acceptors (Lipinski definition) is 6. The summed E-state index contributed by atoms with van der Waals surface area (Å²) >= 11 is 0.